The molecule has 0 spiro atoms. The largest absolute Gasteiger partial charge is 0.361 e. The first-order chi connectivity index (χ1) is 13.6. The Morgan fingerprint density at radius 3 is 2.79 bits per heavy atom. The van der Waals surface area contributed by atoms with Crippen LogP contribution in [0.5, 0.6) is 0 Å². The molecule has 0 aliphatic carbocycles. The molecule has 0 atom stereocenters. The van der Waals surface area contributed by atoms with Crippen LogP contribution in [0.1, 0.15) is 46.0 Å². The van der Waals surface area contributed by atoms with Gasteiger partial charge in [-0.05, 0) is 30.5 Å². The van der Waals surface area contributed by atoms with E-state index in [1.54, 1.807) is 18.0 Å². The maximum Gasteiger partial charge on any atom is 0.255 e. The number of H-pyrrole nitrogens is 1. The van der Waals surface area contributed by atoms with Gasteiger partial charge in [0, 0.05) is 49.6 Å². The normalized spacial score (nSPS) is 10.8. The Labute approximate surface area is 165 Å². The molecule has 146 valence electrons. The van der Waals surface area contributed by atoms with E-state index in [0.717, 1.165) is 30.3 Å². The van der Waals surface area contributed by atoms with Crippen molar-refractivity contribution in [2.75, 3.05) is 20.1 Å². The van der Waals surface area contributed by atoms with E-state index in [0.29, 0.717) is 24.2 Å². The number of hydrogen-bond donors (Lipinski definition) is 2. The first-order valence-corrected chi connectivity index (χ1v) is 9.64. The molecule has 0 saturated heterocycles. The van der Waals surface area contributed by atoms with Gasteiger partial charge in [0.2, 0.25) is 0 Å². The summed E-state index contributed by atoms with van der Waals surface area (Å²) >= 11 is 0. The topological polar surface area (TPSA) is 78.1 Å². The number of rotatable bonds is 8. The van der Waals surface area contributed by atoms with E-state index in [2.05, 4.69) is 28.3 Å². The van der Waals surface area contributed by atoms with Crippen LogP contribution in [0.2, 0.25) is 0 Å². The summed E-state index contributed by atoms with van der Waals surface area (Å²) < 4.78 is 0. The molecule has 0 fully saturated rings. The molecule has 6 nitrogen and oxygen atoms in total. The van der Waals surface area contributed by atoms with Gasteiger partial charge >= 0.3 is 0 Å². The van der Waals surface area contributed by atoms with Gasteiger partial charge in [-0.3, -0.25) is 14.6 Å². The van der Waals surface area contributed by atoms with Crippen molar-refractivity contribution in [2.24, 2.45) is 0 Å². The summed E-state index contributed by atoms with van der Waals surface area (Å²) in [6.07, 6.45) is 7.67. The number of carbonyl (C=O) groups excluding carboxylic acids is 2. The number of nitrogens with one attached hydrogen (secondary N) is 2. The van der Waals surface area contributed by atoms with Gasteiger partial charge in [0.25, 0.3) is 11.8 Å². The zero-order valence-corrected chi connectivity index (χ0v) is 16.4. The summed E-state index contributed by atoms with van der Waals surface area (Å²) in [7, 11) is 1.77. The van der Waals surface area contributed by atoms with Crippen molar-refractivity contribution in [3.63, 3.8) is 0 Å². The average Bonchev–Trinajstić information content (AvgIpc) is 3.14. The first kappa shape index (κ1) is 19.6. The number of hydrogen-bond acceptors (Lipinski definition) is 3. The fourth-order valence-electron chi connectivity index (χ4n) is 3.15. The highest BCUT2D eigenvalue weighted by atomic mass is 16.2. The maximum absolute atomic E-state index is 12.5. The molecular weight excluding hydrogens is 352 g/mol. The van der Waals surface area contributed by atoms with Gasteiger partial charge < -0.3 is 15.2 Å². The van der Waals surface area contributed by atoms with Crippen LogP contribution in [-0.2, 0) is 6.42 Å². The fourth-order valence-corrected chi connectivity index (χ4v) is 3.15. The summed E-state index contributed by atoms with van der Waals surface area (Å²) in [4.78, 5) is 33.9. The third-order valence-electron chi connectivity index (χ3n) is 4.80. The number of aromatic nitrogens is 2. The maximum atomic E-state index is 12.5. The smallest absolute Gasteiger partial charge is 0.255 e. The lowest BCUT2D eigenvalue weighted by Crippen LogP contribution is -2.29. The Morgan fingerprint density at radius 1 is 1.18 bits per heavy atom. The third kappa shape index (κ3) is 4.57. The Hall–Kier alpha value is -3.15. The monoisotopic (exact) mass is 378 g/mol. The summed E-state index contributed by atoms with van der Waals surface area (Å²) in [5.41, 5.74) is 3.08. The second kappa shape index (κ2) is 9.17. The molecule has 0 aliphatic rings. The van der Waals surface area contributed by atoms with Crippen LogP contribution in [-0.4, -0.2) is 46.8 Å². The lowest BCUT2D eigenvalue weighted by molar-refractivity contribution is 0.0793. The molecule has 2 N–H and O–H groups in total. The van der Waals surface area contributed by atoms with Crippen molar-refractivity contribution in [3.8, 4) is 0 Å². The van der Waals surface area contributed by atoms with Crippen LogP contribution in [0.4, 0.5) is 0 Å². The zero-order valence-electron chi connectivity index (χ0n) is 16.4. The third-order valence-corrected chi connectivity index (χ3v) is 4.80. The second-order valence-electron chi connectivity index (χ2n) is 6.91. The van der Waals surface area contributed by atoms with Gasteiger partial charge in [-0.1, -0.05) is 31.5 Å². The summed E-state index contributed by atoms with van der Waals surface area (Å²) in [5, 5.41) is 4.08. The lowest BCUT2D eigenvalue weighted by Gasteiger charge is -2.16. The van der Waals surface area contributed by atoms with Crippen LogP contribution < -0.4 is 5.32 Å². The van der Waals surface area contributed by atoms with E-state index in [1.165, 1.54) is 17.8 Å². The molecule has 0 aliphatic heterocycles. The molecule has 3 rings (SSSR count). The number of benzene rings is 1. The van der Waals surface area contributed by atoms with Gasteiger partial charge in [-0.25, -0.2) is 0 Å². The molecule has 3 aromatic rings. The van der Waals surface area contributed by atoms with E-state index >= 15 is 0 Å². The van der Waals surface area contributed by atoms with Gasteiger partial charge in [-0.2, -0.15) is 0 Å². The van der Waals surface area contributed by atoms with Crippen molar-refractivity contribution in [1.29, 1.82) is 0 Å². The van der Waals surface area contributed by atoms with Crippen LogP contribution in [0, 0.1) is 0 Å². The number of pyridine rings is 1. The van der Waals surface area contributed by atoms with Gasteiger partial charge in [0.1, 0.15) is 0 Å². The molecule has 2 amide bonds. The van der Waals surface area contributed by atoms with Gasteiger partial charge in [0.05, 0.1) is 11.1 Å². The predicted octanol–water partition coefficient (Wildman–Crippen LogP) is 3.41. The molecule has 6 heteroatoms. The van der Waals surface area contributed by atoms with Gasteiger partial charge in [0.15, 0.2) is 0 Å². The zero-order chi connectivity index (χ0) is 19.9. The van der Waals surface area contributed by atoms with E-state index in [-0.39, 0.29) is 11.8 Å². The van der Waals surface area contributed by atoms with Crippen LogP contribution in [0.25, 0.3) is 10.9 Å². The fraction of sp³-hybridized carbons (Fsp3) is 0.318. The minimum Gasteiger partial charge on any atom is -0.361 e. The number of carbonyl (C=O) groups is 2. The molecule has 0 unspecified atom stereocenters. The molecule has 0 saturated carbocycles. The highest BCUT2D eigenvalue weighted by molar-refractivity contribution is 5.99. The second-order valence-corrected chi connectivity index (χ2v) is 6.91. The number of para-hydroxylation sites is 1. The summed E-state index contributed by atoms with van der Waals surface area (Å²) in [6, 6.07) is 9.70. The molecule has 28 heavy (non-hydrogen) atoms. The Bertz CT molecular complexity index is 964. The van der Waals surface area contributed by atoms with E-state index in [1.807, 2.05) is 24.4 Å². The van der Waals surface area contributed by atoms with E-state index < -0.39 is 0 Å². The Morgan fingerprint density at radius 2 is 1.96 bits per heavy atom. The number of fused-ring (bicyclic) bond motifs is 1. The number of amides is 2. The highest BCUT2D eigenvalue weighted by Crippen LogP contribution is 2.17. The van der Waals surface area contributed by atoms with Crippen molar-refractivity contribution in [1.82, 2.24) is 20.2 Å². The summed E-state index contributed by atoms with van der Waals surface area (Å²) in [5.74, 6) is -0.340. The summed E-state index contributed by atoms with van der Waals surface area (Å²) in [6.45, 7) is 3.28. The van der Waals surface area contributed by atoms with Crippen molar-refractivity contribution in [2.45, 2.75) is 26.2 Å². The standard InChI is InChI=1S/C22H26N4O2/c1-3-4-11-26(2)22(28)18-12-17(13-23-14-18)21(27)24-10-9-16-15-25-20-8-6-5-7-19(16)20/h5-8,12-15,25H,3-4,9-11H2,1-2H3,(H,24,27). The molecule has 1 aromatic carbocycles. The number of nitrogens with zero attached hydrogens (tertiary/aromatic N) is 2. The van der Waals surface area contributed by atoms with Crippen LogP contribution >= 0.6 is 0 Å². The Kier molecular flexibility index (Phi) is 6.42. The van der Waals surface area contributed by atoms with Crippen molar-refractivity contribution >= 4 is 22.7 Å². The van der Waals surface area contributed by atoms with Crippen molar-refractivity contribution < 1.29 is 9.59 Å². The minimum absolute atomic E-state index is 0.116. The molecule has 0 radical (unpaired) electrons. The number of aromatic amines is 1. The van der Waals surface area contributed by atoms with Crippen LogP contribution in [0.3, 0.4) is 0 Å². The lowest BCUT2D eigenvalue weighted by atomic mass is 10.1. The number of unbranched alkanes of at least 4 members (excludes halogenated alkanes) is 1. The predicted molar refractivity (Wildman–Crippen MR) is 110 cm³/mol. The minimum atomic E-state index is -0.224. The van der Waals surface area contributed by atoms with Crippen LogP contribution in [0.15, 0.2) is 48.9 Å². The molecule has 0 bridgehead atoms. The highest BCUT2D eigenvalue weighted by Gasteiger charge is 2.14. The Balaban J connectivity index is 1.59. The van der Waals surface area contributed by atoms with Crippen molar-refractivity contribution in [3.05, 3.63) is 65.6 Å². The van der Waals surface area contributed by atoms with E-state index in [9.17, 15) is 9.59 Å². The van der Waals surface area contributed by atoms with E-state index in [4.69, 9.17) is 0 Å². The molecule has 2 heterocycles. The first-order valence-electron chi connectivity index (χ1n) is 9.64. The quantitative estimate of drug-likeness (QED) is 0.630. The molecular formula is C22H26N4O2. The van der Waals surface area contributed by atoms with Gasteiger partial charge in [-0.15, -0.1) is 0 Å². The SMILES string of the molecule is CCCCN(C)C(=O)c1cncc(C(=O)NCCc2c[nH]c3ccccc23)c1. The molecule has 2 aromatic heterocycles. The average molecular weight is 378 g/mol.